The summed E-state index contributed by atoms with van der Waals surface area (Å²) in [5.41, 5.74) is 2.23. The van der Waals surface area contributed by atoms with Gasteiger partial charge in [-0.3, -0.25) is 4.79 Å². The molecule has 2 rings (SSSR count). The number of hydrogen-bond acceptors (Lipinski definition) is 5. The molecule has 138 valence electrons. The zero-order valence-electron chi connectivity index (χ0n) is 14.9. The van der Waals surface area contributed by atoms with Crippen LogP contribution in [-0.4, -0.2) is 33.2 Å². The van der Waals surface area contributed by atoms with Crippen molar-refractivity contribution in [2.24, 2.45) is 0 Å². The Labute approximate surface area is 153 Å². The Kier molecular flexibility index (Phi) is 6.15. The van der Waals surface area contributed by atoms with E-state index in [0.29, 0.717) is 0 Å². The Morgan fingerprint density at radius 1 is 1.08 bits per heavy atom. The summed E-state index contributed by atoms with van der Waals surface area (Å²) in [6, 6.07) is 12.8. The van der Waals surface area contributed by atoms with E-state index in [1.807, 2.05) is 38.1 Å². The fourth-order valence-electron chi connectivity index (χ4n) is 2.49. The van der Waals surface area contributed by atoms with Crippen LogP contribution in [-0.2, 0) is 19.4 Å². The second-order valence-corrected chi connectivity index (χ2v) is 8.03. The summed E-state index contributed by atoms with van der Waals surface area (Å²) >= 11 is 0. The SMILES string of the molecule is Cc1ccccc1C(C)NC(=O)COC(=O)c1ccc(S(C)(=O)=O)cc1. The second-order valence-electron chi connectivity index (χ2n) is 6.02. The van der Waals surface area contributed by atoms with Crippen LogP contribution in [0, 0.1) is 6.92 Å². The molecule has 6 nitrogen and oxygen atoms in total. The summed E-state index contributed by atoms with van der Waals surface area (Å²) in [5.74, 6) is -1.11. The van der Waals surface area contributed by atoms with Gasteiger partial charge >= 0.3 is 5.97 Å². The van der Waals surface area contributed by atoms with Gasteiger partial charge in [-0.15, -0.1) is 0 Å². The van der Waals surface area contributed by atoms with Crippen LogP contribution in [0.5, 0.6) is 0 Å². The molecule has 0 heterocycles. The quantitative estimate of drug-likeness (QED) is 0.783. The van der Waals surface area contributed by atoms with Gasteiger partial charge < -0.3 is 10.1 Å². The maximum Gasteiger partial charge on any atom is 0.338 e. The second kappa shape index (κ2) is 8.14. The molecule has 1 N–H and O–H groups in total. The number of esters is 1. The van der Waals surface area contributed by atoms with Crippen molar-refractivity contribution in [2.45, 2.75) is 24.8 Å². The minimum atomic E-state index is -3.33. The third kappa shape index (κ3) is 5.16. The highest BCUT2D eigenvalue weighted by atomic mass is 32.2. The molecule has 2 aromatic carbocycles. The molecule has 1 atom stereocenters. The van der Waals surface area contributed by atoms with E-state index in [9.17, 15) is 18.0 Å². The van der Waals surface area contributed by atoms with E-state index in [4.69, 9.17) is 4.74 Å². The maximum atomic E-state index is 12.0. The lowest BCUT2D eigenvalue weighted by atomic mass is 10.0. The van der Waals surface area contributed by atoms with Gasteiger partial charge in [-0.2, -0.15) is 0 Å². The Bertz CT molecular complexity index is 904. The third-order valence-electron chi connectivity index (χ3n) is 3.88. The Morgan fingerprint density at radius 3 is 2.27 bits per heavy atom. The molecule has 26 heavy (non-hydrogen) atoms. The number of hydrogen-bond donors (Lipinski definition) is 1. The molecule has 0 aliphatic carbocycles. The van der Waals surface area contributed by atoms with E-state index < -0.39 is 28.3 Å². The zero-order valence-corrected chi connectivity index (χ0v) is 15.7. The van der Waals surface area contributed by atoms with Crippen molar-refractivity contribution in [3.05, 3.63) is 65.2 Å². The molecule has 0 fully saturated rings. The molecule has 1 amide bonds. The van der Waals surface area contributed by atoms with Gasteiger partial charge in [-0.25, -0.2) is 13.2 Å². The predicted molar refractivity (Wildman–Crippen MR) is 97.6 cm³/mol. The number of ether oxygens (including phenoxy) is 1. The lowest BCUT2D eigenvalue weighted by Crippen LogP contribution is -2.31. The zero-order chi connectivity index (χ0) is 19.3. The van der Waals surface area contributed by atoms with E-state index in [1.165, 1.54) is 24.3 Å². The largest absolute Gasteiger partial charge is 0.452 e. The van der Waals surface area contributed by atoms with Gasteiger partial charge in [-0.05, 0) is 49.2 Å². The van der Waals surface area contributed by atoms with Crippen LogP contribution >= 0.6 is 0 Å². The van der Waals surface area contributed by atoms with Crippen molar-refractivity contribution in [1.29, 1.82) is 0 Å². The molecule has 0 saturated carbocycles. The van der Waals surface area contributed by atoms with Gasteiger partial charge in [0.25, 0.3) is 5.91 Å². The van der Waals surface area contributed by atoms with Gasteiger partial charge in [0, 0.05) is 6.26 Å². The number of aryl methyl sites for hydroxylation is 1. The van der Waals surface area contributed by atoms with E-state index >= 15 is 0 Å². The molecule has 0 radical (unpaired) electrons. The highest BCUT2D eigenvalue weighted by Crippen LogP contribution is 2.16. The van der Waals surface area contributed by atoms with Crippen molar-refractivity contribution >= 4 is 21.7 Å². The number of benzene rings is 2. The van der Waals surface area contributed by atoms with Crippen LogP contribution in [0.15, 0.2) is 53.4 Å². The van der Waals surface area contributed by atoms with Crippen molar-refractivity contribution in [3.8, 4) is 0 Å². The Balaban J connectivity index is 1.90. The van der Waals surface area contributed by atoms with E-state index in [1.54, 1.807) is 0 Å². The molecule has 0 bridgehead atoms. The fraction of sp³-hybridized carbons (Fsp3) is 0.263. The van der Waals surface area contributed by atoms with Crippen LogP contribution in [0.2, 0.25) is 0 Å². The molecular weight excluding hydrogens is 354 g/mol. The molecule has 0 saturated heterocycles. The lowest BCUT2D eigenvalue weighted by molar-refractivity contribution is -0.124. The highest BCUT2D eigenvalue weighted by Gasteiger charge is 2.15. The van der Waals surface area contributed by atoms with Crippen molar-refractivity contribution in [3.63, 3.8) is 0 Å². The van der Waals surface area contributed by atoms with Gasteiger partial charge in [0.05, 0.1) is 16.5 Å². The molecule has 0 aliphatic heterocycles. The predicted octanol–water partition coefficient (Wildman–Crippen LogP) is 2.43. The average Bonchev–Trinajstić information content (AvgIpc) is 2.59. The van der Waals surface area contributed by atoms with Crippen molar-refractivity contribution < 1.29 is 22.7 Å². The number of amides is 1. The number of carbonyl (C=O) groups excluding carboxylic acids is 2. The van der Waals surface area contributed by atoms with Gasteiger partial charge in [-0.1, -0.05) is 24.3 Å². The maximum absolute atomic E-state index is 12.0. The minimum Gasteiger partial charge on any atom is -0.452 e. The number of sulfone groups is 1. The highest BCUT2D eigenvalue weighted by molar-refractivity contribution is 7.90. The first kappa shape index (κ1) is 19.7. The molecular formula is C19H21NO5S. The first-order chi connectivity index (χ1) is 12.2. The number of nitrogens with one attached hydrogen (secondary N) is 1. The minimum absolute atomic E-state index is 0.110. The smallest absolute Gasteiger partial charge is 0.338 e. The van der Waals surface area contributed by atoms with Crippen LogP contribution < -0.4 is 5.32 Å². The summed E-state index contributed by atoms with van der Waals surface area (Å²) in [6.07, 6.45) is 1.08. The summed E-state index contributed by atoms with van der Waals surface area (Å²) in [5, 5.41) is 2.78. The Hall–Kier alpha value is -2.67. The van der Waals surface area contributed by atoms with Gasteiger partial charge in [0.15, 0.2) is 16.4 Å². The van der Waals surface area contributed by atoms with Crippen LogP contribution in [0.1, 0.15) is 34.5 Å². The first-order valence-corrected chi connectivity index (χ1v) is 9.90. The first-order valence-electron chi connectivity index (χ1n) is 8.00. The van der Waals surface area contributed by atoms with Crippen LogP contribution in [0.3, 0.4) is 0 Å². The van der Waals surface area contributed by atoms with E-state index in [0.717, 1.165) is 17.4 Å². The molecule has 2 aromatic rings. The standard InChI is InChI=1S/C19H21NO5S/c1-13-6-4-5-7-17(13)14(2)20-18(21)12-25-19(22)15-8-10-16(11-9-15)26(3,23)24/h4-11,14H,12H2,1-3H3,(H,20,21). The number of carbonyl (C=O) groups is 2. The fourth-order valence-corrected chi connectivity index (χ4v) is 3.12. The summed E-state index contributed by atoms with van der Waals surface area (Å²) < 4.78 is 27.8. The molecule has 7 heteroatoms. The average molecular weight is 375 g/mol. The molecule has 1 unspecified atom stereocenters. The van der Waals surface area contributed by atoms with E-state index in [-0.39, 0.29) is 16.5 Å². The Morgan fingerprint density at radius 2 is 1.69 bits per heavy atom. The van der Waals surface area contributed by atoms with Crippen molar-refractivity contribution in [2.75, 3.05) is 12.9 Å². The van der Waals surface area contributed by atoms with Crippen LogP contribution in [0.25, 0.3) is 0 Å². The molecule has 0 spiro atoms. The number of rotatable bonds is 6. The monoisotopic (exact) mass is 375 g/mol. The topological polar surface area (TPSA) is 89.5 Å². The van der Waals surface area contributed by atoms with E-state index in [2.05, 4.69) is 5.32 Å². The van der Waals surface area contributed by atoms with Crippen LogP contribution in [0.4, 0.5) is 0 Å². The molecule has 0 aromatic heterocycles. The molecule has 0 aliphatic rings. The summed E-state index contributed by atoms with van der Waals surface area (Å²) in [4.78, 5) is 24.1. The van der Waals surface area contributed by atoms with Crippen molar-refractivity contribution in [1.82, 2.24) is 5.32 Å². The summed E-state index contributed by atoms with van der Waals surface area (Å²) in [6.45, 7) is 3.40. The lowest BCUT2D eigenvalue weighted by Gasteiger charge is -2.16. The third-order valence-corrected chi connectivity index (χ3v) is 5.01. The van der Waals surface area contributed by atoms with Gasteiger partial charge in [0.2, 0.25) is 0 Å². The summed E-state index contributed by atoms with van der Waals surface area (Å²) in [7, 11) is -3.33. The van der Waals surface area contributed by atoms with Gasteiger partial charge in [0.1, 0.15) is 0 Å². The normalized spacial score (nSPS) is 12.3.